The van der Waals surface area contributed by atoms with E-state index in [-0.39, 0.29) is 31.3 Å². The third-order valence-electron chi connectivity index (χ3n) is 4.92. The van der Waals surface area contributed by atoms with Crippen molar-refractivity contribution in [3.63, 3.8) is 0 Å². The maximum absolute atomic E-state index is 12.4. The first-order chi connectivity index (χ1) is 14.0. The summed E-state index contributed by atoms with van der Waals surface area (Å²) >= 11 is 0. The SMILES string of the molecule is Cc1cc(C(=O)COC(=O)CCNC(=O)/C=C/c2ccccc2)c(C)n1C1CC1. The Labute approximate surface area is 170 Å². The van der Waals surface area contributed by atoms with Crippen LogP contribution in [0, 0.1) is 13.8 Å². The number of esters is 1. The van der Waals surface area contributed by atoms with Gasteiger partial charge in [0.2, 0.25) is 11.7 Å². The fourth-order valence-corrected chi connectivity index (χ4v) is 3.33. The minimum absolute atomic E-state index is 0.0132. The Morgan fingerprint density at radius 2 is 1.90 bits per heavy atom. The molecule has 152 valence electrons. The molecule has 1 aromatic heterocycles. The van der Waals surface area contributed by atoms with Gasteiger partial charge in [-0.3, -0.25) is 14.4 Å². The normalized spacial score (nSPS) is 13.4. The molecule has 6 nitrogen and oxygen atoms in total. The van der Waals surface area contributed by atoms with Gasteiger partial charge in [0.25, 0.3) is 0 Å². The van der Waals surface area contributed by atoms with Crippen molar-refractivity contribution in [2.75, 3.05) is 13.2 Å². The molecular weight excluding hydrogens is 368 g/mol. The van der Waals surface area contributed by atoms with E-state index in [1.165, 1.54) is 6.08 Å². The van der Waals surface area contributed by atoms with Crippen LogP contribution in [0.4, 0.5) is 0 Å². The van der Waals surface area contributed by atoms with Gasteiger partial charge in [-0.1, -0.05) is 30.3 Å². The highest BCUT2D eigenvalue weighted by Crippen LogP contribution is 2.38. The standard InChI is InChI=1S/C23H26N2O4/c1-16-14-20(17(2)25(16)19-9-10-19)21(26)15-29-23(28)12-13-24-22(27)11-8-18-6-4-3-5-7-18/h3-8,11,14,19H,9-10,12-13,15H2,1-2H3,(H,24,27)/b11-8+. The molecule has 3 rings (SSSR count). The van der Waals surface area contributed by atoms with E-state index in [1.807, 2.05) is 50.2 Å². The molecule has 0 radical (unpaired) electrons. The van der Waals surface area contributed by atoms with Crippen LogP contribution < -0.4 is 5.32 Å². The molecule has 0 atom stereocenters. The molecule has 0 unspecified atom stereocenters. The molecule has 0 aliphatic heterocycles. The van der Waals surface area contributed by atoms with Crippen molar-refractivity contribution in [3.8, 4) is 0 Å². The first-order valence-electron chi connectivity index (χ1n) is 9.84. The van der Waals surface area contributed by atoms with Gasteiger partial charge >= 0.3 is 5.97 Å². The summed E-state index contributed by atoms with van der Waals surface area (Å²) in [5.74, 6) is -1.000. The molecule has 2 aromatic rings. The lowest BCUT2D eigenvalue weighted by Crippen LogP contribution is -2.25. The van der Waals surface area contributed by atoms with Gasteiger partial charge in [0, 0.05) is 35.6 Å². The van der Waals surface area contributed by atoms with Crippen molar-refractivity contribution in [1.82, 2.24) is 9.88 Å². The number of Topliss-reactive ketones (excluding diaryl/α,β-unsaturated/α-hetero) is 1. The summed E-state index contributed by atoms with van der Waals surface area (Å²) in [7, 11) is 0. The predicted molar refractivity (Wildman–Crippen MR) is 111 cm³/mol. The Morgan fingerprint density at radius 3 is 2.59 bits per heavy atom. The number of ketones is 1. The number of aryl methyl sites for hydroxylation is 1. The molecule has 29 heavy (non-hydrogen) atoms. The summed E-state index contributed by atoms with van der Waals surface area (Å²) in [5.41, 5.74) is 3.53. The van der Waals surface area contributed by atoms with Crippen molar-refractivity contribution in [2.45, 2.75) is 39.2 Å². The highest BCUT2D eigenvalue weighted by Gasteiger charge is 2.28. The Kier molecular flexibility index (Phi) is 6.65. The minimum atomic E-state index is -0.512. The molecule has 1 amide bonds. The average Bonchev–Trinajstić information content (AvgIpc) is 3.49. The van der Waals surface area contributed by atoms with Gasteiger partial charge in [0.05, 0.1) is 6.42 Å². The third-order valence-corrected chi connectivity index (χ3v) is 4.92. The topological polar surface area (TPSA) is 77.4 Å². The molecule has 1 aliphatic rings. The number of ether oxygens (including phenoxy) is 1. The zero-order valence-electron chi connectivity index (χ0n) is 16.8. The van der Waals surface area contributed by atoms with Crippen LogP contribution in [0.25, 0.3) is 6.08 Å². The fourth-order valence-electron chi connectivity index (χ4n) is 3.33. The van der Waals surface area contributed by atoms with Crippen molar-refractivity contribution in [3.05, 3.63) is 65.0 Å². The second-order valence-corrected chi connectivity index (χ2v) is 7.25. The van der Waals surface area contributed by atoms with Crippen molar-refractivity contribution >= 4 is 23.7 Å². The molecule has 0 saturated heterocycles. The highest BCUT2D eigenvalue weighted by molar-refractivity contribution is 5.99. The van der Waals surface area contributed by atoms with Gasteiger partial charge in [-0.15, -0.1) is 0 Å². The minimum Gasteiger partial charge on any atom is -0.457 e. The van der Waals surface area contributed by atoms with Gasteiger partial charge in [-0.05, 0) is 44.4 Å². The predicted octanol–water partition coefficient (Wildman–Crippen LogP) is 3.39. The highest BCUT2D eigenvalue weighted by atomic mass is 16.5. The Balaban J connectivity index is 1.39. The van der Waals surface area contributed by atoms with Crippen LogP contribution in [0.5, 0.6) is 0 Å². The monoisotopic (exact) mass is 394 g/mol. The quantitative estimate of drug-likeness (QED) is 0.402. The van der Waals surface area contributed by atoms with Crippen LogP contribution in [0.3, 0.4) is 0 Å². The summed E-state index contributed by atoms with van der Waals surface area (Å²) in [6.07, 6.45) is 5.42. The number of carbonyl (C=O) groups excluding carboxylic acids is 3. The Hall–Kier alpha value is -3.15. The van der Waals surface area contributed by atoms with E-state index >= 15 is 0 Å². The summed E-state index contributed by atoms with van der Waals surface area (Å²) in [4.78, 5) is 36.1. The van der Waals surface area contributed by atoms with Crippen molar-refractivity contribution in [1.29, 1.82) is 0 Å². The van der Waals surface area contributed by atoms with Crippen molar-refractivity contribution < 1.29 is 19.1 Å². The molecule has 1 fully saturated rings. The van der Waals surface area contributed by atoms with Gasteiger partial charge in [0.1, 0.15) is 0 Å². The number of rotatable bonds is 9. The molecule has 0 spiro atoms. The van der Waals surface area contributed by atoms with E-state index in [9.17, 15) is 14.4 Å². The van der Waals surface area contributed by atoms with Gasteiger partial charge in [0.15, 0.2) is 6.61 Å². The zero-order valence-corrected chi connectivity index (χ0v) is 16.8. The largest absolute Gasteiger partial charge is 0.457 e. The number of hydrogen-bond acceptors (Lipinski definition) is 4. The van der Waals surface area contributed by atoms with Gasteiger partial charge < -0.3 is 14.6 Å². The zero-order chi connectivity index (χ0) is 20.8. The van der Waals surface area contributed by atoms with Crippen LogP contribution >= 0.6 is 0 Å². The number of nitrogens with zero attached hydrogens (tertiary/aromatic N) is 1. The maximum atomic E-state index is 12.4. The number of nitrogens with one attached hydrogen (secondary N) is 1. The number of aromatic nitrogens is 1. The molecule has 0 bridgehead atoms. The number of carbonyl (C=O) groups is 3. The molecule has 1 heterocycles. The first-order valence-corrected chi connectivity index (χ1v) is 9.84. The lowest BCUT2D eigenvalue weighted by atomic mass is 10.1. The average molecular weight is 394 g/mol. The number of benzene rings is 1. The Morgan fingerprint density at radius 1 is 1.17 bits per heavy atom. The maximum Gasteiger partial charge on any atom is 0.308 e. The summed E-state index contributed by atoms with van der Waals surface area (Å²) in [6.45, 7) is 3.79. The second kappa shape index (κ2) is 9.37. The summed E-state index contributed by atoms with van der Waals surface area (Å²) < 4.78 is 7.27. The molecule has 6 heteroatoms. The Bertz CT molecular complexity index is 924. The lowest BCUT2D eigenvalue weighted by Gasteiger charge is -2.08. The van der Waals surface area contributed by atoms with Crippen LogP contribution in [0.1, 0.15) is 52.6 Å². The van der Waals surface area contributed by atoms with E-state index in [0.717, 1.165) is 29.8 Å². The molecule has 1 saturated carbocycles. The van der Waals surface area contributed by atoms with Crippen LogP contribution in [-0.4, -0.2) is 35.4 Å². The van der Waals surface area contributed by atoms with Crippen molar-refractivity contribution in [2.24, 2.45) is 0 Å². The fraction of sp³-hybridized carbons (Fsp3) is 0.348. The molecule has 1 aromatic carbocycles. The lowest BCUT2D eigenvalue weighted by molar-refractivity contribution is -0.142. The van der Waals surface area contributed by atoms with Crippen LogP contribution in [0.2, 0.25) is 0 Å². The smallest absolute Gasteiger partial charge is 0.308 e. The van der Waals surface area contributed by atoms with Gasteiger partial charge in [-0.25, -0.2) is 0 Å². The van der Waals surface area contributed by atoms with E-state index in [2.05, 4.69) is 9.88 Å². The number of amides is 1. The number of hydrogen-bond donors (Lipinski definition) is 1. The molecule has 1 aliphatic carbocycles. The molecule has 1 N–H and O–H groups in total. The van der Waals surface area contributed by atoms with E-state index in [1.54, 1.807) is 6.08 Å². The van der Waals surface area contributed by atoms with E-state index in [4.69, 9.17) is 4.74 Å². The van der Waals surface area contributed by atoms with E-state index in [0.29, 0.717) is 11.6 Å². The summed E-state index contributed by atoms with van der Waals surface area (Å²) in [6, 6.07) is 11.8. The first kappa shape index (κ1) is 20.6. The second-order valence-electron chi connectivity index (χ2n) is 7.25. The van der Waals surface area contributed by atoms with Crippen LogP contribution in [-0.2, 0) is 14.3 Å². The molecular formula is C23H26N2O4. The van der Waals surface area contributed by atoms with Gasteiger partial charge in [-0.2, -0.15) is 0 Å². The van der Waals surface area contributed by atoms with Crippen LogP contribution in [0.15, 0.2) is 42.5 Å². The third kappa shape index (κ3) is 5.67. The summed E-state index contributed by atoms with van der Waals surface area (Å²) in [5, 5.41) is 2.63. The van der Waals surface area contributed by atoms with E-state index < -0.39 is 5.97 Å².